The zero-order valence-electron chi connectivity index (χ0n) is 11.1. The lowest BCUT2D eigenvalue weighted by Gasteiger charge is -2.03. The van der Waals surface area contributed by atoms with E-state index in [1.165, 1.54) is 12.1 Å². The van der Waals surface area contributed by atoms with Crippen molar-refractivity contribution < 1.29 is 4.39 Å². The van der Waals surface area contributed by atoms with Crippen molar-refractivity contribution in [1.82, 2.24) is 7.76 Å². The van der Waals surface area contributed by atoms with Crippen molar-refractivity contribution >= 4 is 48.3 Å². The number of halogens is 2. The van der Waals surface area contributed by atoms with Crippen LogP contribution in [-0.4, -0.2) is 7.76 Å². The minimum atomic E-state index is -0.415. The highest BCUT2D eigenvalue weighted by molar-refractivity contribution is 14.1. The topological polar surface area (TPSA) is 41.6 Å². The van der Waals surface area contributed by atoms with Crippen LogP contribution >= 0.6 is 32.1 Å². The molecule has 2 heterocycles. The van der Waals surface area contributed by atoms with Gasteiger partial charge in [0.1, 0.15) is 11.9 Å². The fourth-order valence-corrected chi connectivity index (χ4v) is 3.25. The van der Waals surface area contributed by atoms with Gasteiger partial charge >= 0.3 is 0 Å². The van der Waals surface area contributed by atoms with Crippen molar-refractivity contribution in [2.24, 2.45) is 0 Å². The Labute approximate surface area is 137 Å². The monoisotopic (exact) mass is 409 g/mol. The van der Waals surface area contributed by atoms with Crippen LogP contribution in [0.2, 0.25) is 0 Å². The van der Waals surface area contributed by atoms with Crippen LogP contribution in [0.3, 0.4) is 0 Å². The van der Waals surface area contributed by atoms with E-state index in [0.717, 1.165) is 22.3 Å². The number of pyridine rings is 1. The molecule has 1 atom stereocenters. The summed E-state index contributed by atoms with van der Waals surface area (Å²) in [7, 11) is 2.63. The molecule has 3 rings (SSSR count). The predicted octanol–water partition coefficient (Wildman–Crippen LogP) is 3.72. The Morgan fingerprint density at radius 2 is 2.14 bits per heavy atom. The van der Waals surface area contributed by atoms with Crippen molar-refractivity contribution in [3.05, 3.63) is 47.5 Å². The summed E-state index contributed by atoms with van der Waals surface area (Å²) in [6.45, 7) is 1.93. The molecule has 104 valence electrons. The lowest BCUT2D eigenvalue weighted by atomic mass is 10.1. The quantitative estimate of drug-likeness (QED) is 0.454. The van der Waals surface area contributed by atoms with E-state index in [0.29, 0.717) is 16.5 Å². The van der Waals surface area contributed by atoms with Crippen molar-refractivity contribution in [3.8, 4) is 17.3 Å². The lowest BCUT2D eigenvalue weighted by Crippen LogP contribution is -2.00. The summed E-state index contributed by atoms with van der Waals surface area (Å²) >= 11 is 2.09. The van der Waals surface area contributed by atoms with Gasteiger partial charge in [0.2, 0.25) is 0 Å². The molecule has 0 aliphatic rings. The first-order valence-corrected chi connectivity index (χ1v) is 7.70. The number of benzene rings is 1. The highest BCUT2D eigenvalue weighted by Crippen LogP contribution is 2.33. The fourth-order valence-electron chi connectivity index (χ4n) is 2.29. The Hall–Kier alpha value is -1.51. The molecule has 1 unspecified atom stereocenters. The van der Waals surface area contributed by atoms with Crippen LogP contribution in [0.1, 0.15) is 11.3 Å². The van der Waals surface area contributed by atoms with Crippen molar-refractivity contribution in [1.29, 1.82) is 5.26 Å². The molecule has 0 amide bonds. The summed E-state index contributed by atoms with van der Waals surface area (Å²) in [5, 5.41) is 10.9. The van der Waals surface area contributed by atoms with Crippen molar-refractivity contribution in [2.75, 3.05) is 0 Å². The second-order valence-electron chi connectivity index (χ2n) is 4.69. The molecule has 1 aromatic carbocycles. The SMILES string of the molecule is Cc1nc(-c2cn(I)c3c(C#N)cc(F)cc23)ccc1P. The molecular weight excluding hydrogens is 399 g/mol. The molecule has 6 heteroatoms. The van der Waals surface area contributed by atoms with E-state index < -0.39 is 5.82 Å². The van der Waals surface area contributed by atoms with Gasteiger partial charge in [0.15, 0.2) is 0 Å². The maximum Gasteiger partial charge on any atom is 0.125 e. The number of hydrogen-bond acceptors (Lipinski definition) is 2. The third-order valence-electron chi connectivity index (χ3n) is 3.34. The van der Waals surface area contributed by atoms with Gasteiger partial charge in [0, 0.05) is 22.8 Å². The van der Waals surface area contributed by atoms with E-state index in [4.69, 9.17) is 0 Å². The number of nitrogens with zero attached hydrogens (tertiary/aromatic N) is 3. The van der Waals surface area contributed by atoms with Crippen LogP contribution in [0, 0.1) is 24.1 Å². The molecule has 0 spiro atoms. The third-order valence-corrected chi connectivity index (χ3v) is 4.72. The average molecular weight is 409 g/mol. The van der Waals surface area contributed by atoms with Gasteiger partial charge in [0.25, 0.3) is 0 Å². The van der Waals surface area contributed by atoms with Gasteiger partial charge in [0.05, 0.1) is 39.6 Å². The van der Waals surface area contributed by atoms with E-state index in [1.807, 2.05) is 34.1 Å². The minimum Gasteiger partial charge on any atom is -0.288 e. The van der Waals surface area contributed by atoms with E-state index in [9.17, 15) is 9.65 Å². The minimum absolute atomic E-state index is 0.324. The number of hydrogen-bond donors (Lipinski definition) is 0. The van der Waals surface area contributed by atoms with Crippen LogP contribution in [0.5, 0.6) is 0 Å². The lowest BCUT2D eigenvalue weighted by molar-refractivity contribution is 0.629. The molecule has 3 aromatic rings. The Kier molecular flexibility index (Phi) is 3.68. The Bertz CT molecular complexity index is 911. The molecule has 0 N–H and O–H groups in total. The van der Waals surface area contributed by atoms with Gasteiger partial charge in [-0.15, -0.1) is 9.24 Å². The smallest absolute Gasteiger partial charge is 0.125 e. The van der Waals surface area contributed by atoms with Crippen LogP contribution in [0.15, 0.2) is 30.5 Å². The zero-order valence-corrected chi connectivity index (χ0v) is 14.4. The first kappa shape index (κ1) is 14.4. The Balaban J connectivity index is 2.36. The van der Waals surface area contributed by atoms with Crippen LogP contribution in [0.4, 0.5) is 4.39 Å². The summed E-state index contributed by atoms with van der Waals surface area (Å²) in [5.74, 6) is -0.415. The van der Waals surface area contributed by atoms with Gasteiger partial charge in [-0.25, -0.2) is 4.39 Å². The van der Waals surface area contributed by atoms with Gasteiger partial charge in [-0.3, -0.25) is 7.76 Å². The summed E-state index contributed by atoms with van der Waals surface area (Å²) in [5.41, 5.74) is 3.54. The summed E-state index contributed by atoms with van der Waals surface area (Å²) in [4.78, 5) is 4.55. The van der Waals surface area contributed by atoms with Gasteiger partial charge < -0.3 is 0 Å². The Morgan fingerprint density at radius 1 is 1.38 bits per heavy atom. The molecule has 0 radical (unpaired) electrons. The highest BCUT2D eigenvalue weighted by Gasteiger charge is 2.15. The second-order valence-corrected chi connectivity index (χ2v) is 6.35. The number of nitriles is 1. The largest absolute Gasteiger partial charge is 0.288 e. The maximum absolute atomic E-state index is 13.7. The van der Waals surface area contributed by atoms with Crippen LogP contribution in [-0.2, 0) is 0 Å². The van der Waals surface area contributed by atoms with Gasteiger partial charge in [-0.2, -0.15) is 5.26 Å². The first-order chi connectivity index (χ1) is 10.0. The van der Waals surface area contributed by atoms with E-state index in [2.05, 4.69) is 37.1 Å². The Morgan fingerprint density at radius 3 is 2.81 bits per heavy atom. The van der Waals surface area contributed by atoms with Crippen LogP contribution < -0.4 is 5.30 Å². The number of aromatic nitrogens is 2. The molecule has 3 nitrogen and oxygen atoms in total. The molecule has 0 saturated carbocycles. The molecule has 0 aliphatic carbocycles. The number of rotatable bonds is 1. The summed E-state index contributed by atoms with van der Waals surface area (Å²) < 4.78 is 15.6. The molecule has 0 fully saturated rings. The fraction of sp³-hybridized carbons (Fsp3) is 0.0667. The third kappa shape index (κ3) is 2.43. The van der Waals surface area contributed by atoms with E-state index in [-0.39, 0.29) is 0 Å². The standard InChI is InChI=1S/C15H10FIN3P/c1-8-14(21)3-2-13(19-8)12-7-20(17)15-9(6-18)4-10(16)5-11(12)15/h2-5,7H,21H2,1H3. The van der Waals surface area contributed by atoms with Crippen LogP contribution in [0.25, 0.3) is 22.2 Å². The van der Waals surface area contributed by atoms with E-state index >= 15 is 0 Å². The molecule has 2 aromatic heterocycles. The predicted molar refractivity (Wildman–Crippen MR) is 93.3 cm³/mol. The van der Waals surface area contributed by atoms with Crippen molar-refractivity contribution in [3.63, 3.8) is 0 Å². The van der Waals surface area contributed by atoms with Gasteiger partial charge in [-0.05, 0) is 30.4 Å². The van der Waals surface area contributed by atoms with Crippen molar-refractivity contribution in [2.45, 2.75) is 6.92 Å². The second kappa shape index (κ2) is 5.36. The summed E-state index contributed by atoms with van der Waals surface area (Å²) in [6.07, 6.45) is 1.87. The summed E-state index contributed by atoms with van der Waals surface area (Å²) in [6, 6.07) is 8.62. The molecule has 0 aliphatic heterocycles. The highest BCUT2D eigenvalue weighted by atomic mass is 127. The number of fused-ring (bicyclic) bond motifs is 1. The first-order valence-electron chi connectivity index (χ1n) is 6.15. The molecule has 0 saturated heterocycles. The normalized spacial score (nSPS) is 10.8. The average Bonchev–Trinajstić information content (AvgIpc) is 2.78. The zero-order chi connectivity index (χ0) is 15.1. The van der Waals surface area contributed by atoms with E-state index in [1.54, 1.807) is 0 Å². The molecule has 21 heavy (non-hydrogen) atoms. The van der Waals surface area contributed by atoms with Gasteiger partial charge in [-0.1, -0.05) is 6.07 Å². The maximum atomic E-state index is 13.7. The molecular formula is C15H10FIN3P. The number of aryl methyl sites for hydroxylation is 1. The molecule has 0 bridgehead atoms.